The standard InChI is InChI=1S/C17H17N3O2/c1-3-22-17(21)16-15(19-12-8-10-18-11-9-12)13-6-4-5-7-14(13)20(16)2/h4-11H,3H2,1-2H3,(H,18,19). The second kappa shape index (κ2) is 5.89. The van der Waals surface area contributed by atoms with Crippen LogP contribution in [0.4, 0.5) is 11.4 Å². The van der Waals surface area contributed by atoms with Crippen LogP contribution in [0, 0.1) is 0 Å². The van der Waals surface area contributed by atoms with Gasteiger partial charge in [-0.2, -0.15) is 0 Å². The molecule has 3 rings (SSSR count). The molecule has 1 N–H and O–H groups in total. The van der Waals surface area contributed by atoms with Crippen molar-refractivity contribution in [3.05, 3.63) is 54.5 Å². The lowest BCUT2D eigenvalue weighted by molar-refractivity contribution is 0.0517. The summed E-state index contributed by atoms with van der Waals surface area (Å²) in [5.41, 5.74) is 3.11. The van der Waals surface area contributed by atoms with Gasteiger partial charge in [-0.3, -0.25) is 4.98 Å². The highest BCUT2D eigenvalue weighted by Gasteiger charge is 2.22. The molecule has 1 aromatic carbocycles. The first-order valence-electron chi connectivity index (χ1n) is 7.14. The maximum Gasteiger partial charge on any atom is 0.357 e. The topological polar surface area (TPSA) is 56.1 Å². The van der Waals surface area contributed by atoms with E-state index in [1.165, 1.54) is 0 Å². The van der Waals surface area contributed by atoms with Crippen molar-refractivity contribution in [2.45, 2.75) is 6.92 Å². The average molecular weight is 295 g/mol. The zero-order valence-corrected chi connectivity index (χ0v) is 12.5. The SMILES string of the molecule is CCOC(=O)c1c(Nc2ccncc2)c2ccccc2n1C. The second-order valence-electron chi connectivity index (χ2n) is 4.88. The van der Waals surface area contributed by atoms with Gasteiger partial charge in [-0.25, -0.2) is 4.79 Å². The Bertz CT molecular complexity index is 809. The first-order valence-corrected chi connectivity index (χ1v) is 7.14. The van der Waals surface area contributed by atoms with Gasteiger partial charge in [0, 0.05) is 30.5 Å². The number of anilines is 2. The highest BCUT2D eigenvalue weighted by atomic mass is 16.5. The van der Waals surface area contributed by atoms with Crippen molar-refractivity contribution in [3.63, 3.8) is 0 Å². The molecule has 0 amide bonds. The Labute approximate surface area is 128 Å². The molecular formula is C17H17N3O2. The Morgan fingerprint density at radius 2 is 1.95 bits per heavy atom. The summed E-state index contributed by atoms with van der Waals surface area (Å²) < 4.78 is 7.06. The lowest BCUT2D eigenvalue weighted by Gasteiger charge is -2.09. The third-order valence-electron chi connectivity index (χ3n) is 3.53. The van der Waals surface area contributed by atoms with Gasteiger partial charge in [-0.15, -0.1) is 0 Å². The molecule has 5 nitrogen and oxygen atoms in total. The van der Waals surface area contributed by atoms with E-state index in [1.54, 1.807) is 19.3 Å². The largest absolute Gasteiger partial charge is 0.461 e. The van der Waals surface area contributed by atoms with E-state index in [1.807, 2.05) is 48.0 Å². The van der Waals surface area contributed by atoms with Crippen molar-refractivity contribution in [2.75, 3.05) is 11.9 Å². The number of hydrogen-bond donors (Lipinski definition) is 1. The molecule has 0 aliphatic carbocycles. The third-order valence-corrected chi connectivity index (χ3v) is 3.53. The van der Waals surface area contributed by atoms with Crippen LogP contribution in [-0.2, 0) is 11.8 Å². The minimum absolute atomic E-state index is 0.335. The van der Waals surface area contributed by atoms with Gasteiger partial charge in [-0.05, 0) is 25.1 Å². The van der Waals surface area contributed by atoms with Crippen LogP contribution in [0.1, 0.15) is 17.4 Å². The Hall–Kier alpha value is -2.82. The summed E-state index contributed by atoms with van der Waals surface area (Å²) in [7, 11) is 1.87. The second-order valence-corrected chi connectivity index (χ2v) is 4.88. The van der Waals surface area contributed by atoms with Gasteiger partial charge in [0.05, 0.1) is 17.8 Å². The number of fused-ring (bicyclic) bond motifs is 1. The van der Waals surface area contributed by atoms with Crippen molar-refractivity contribution in [2.24, 2.45) is 7.05 Å². The van der Waals surface area contributed by atoms with Gasteiger partial charge in [0.2, 0.25) is 0 Å². The van der Waals surface area contributed by atoms with Crippen LogP contribution in [-0.4, -0.2) is 22.1 Å². The number of pyridine rings is 1. The predicted molar refractivity (Wildman–Crippen MR) is 86.4 cm³/mol. The summed E-state index contributed by atoms with van der Waals surface area (Å²) in [6.45, 7) is 2.14. The van der Waals surface area contributed by atoms with Crippen LogP contribution in [0.3, 0.4) is 0 Å². The fraction of sp³-hybridized carbons (Fsp3) is 0.176. The molecule has 2 heterocycles. The number of esters is 1. The molecule has 0 aliphatic rings. The Morgan fingerprint density at radius 3 is 2.68 bits per heavy atom. The van der Waals surface area contributed by atoms with E-state index in [4.69, 9.17) is 4.74 Å². The molecule has 2 aromatic heterocycles. The number of nitrogens with zero attached hydrogens (tertiary/aromatic N) is 2. The van der Waals surface area contributed by atoms with Crippen molar-refractivity contribution in [3.8, 4) is 0 Å². The molecule has 0 unspecified atom stereocenters. The number of rotatable bonds is 4. The van der Waals surface area contributed by atoms with Crippen molar-refractivity contribution in [1.82, 2.24) is 9.55 Å². The van der Waals surface area contributed by atoms with E-state index in [2.05, 4.69) is 10.3 Å². The van der Waals surface area contributed by atoms with Gasteiger partial charge in [0.1, 0.15) is 0 Å². The van der Waals surface area contributed by atoms with Crippen molar-refractivity contribution in [1.29, 1.82) is 0 Å². The molecule has 3 aromatic rings. The number of nitrogens with one attached hydrogen (secondary N) is 1. The first-order chi connectivity index (χ1) is 10.7. The lowest BCUT2D eigenvalue weighted by Crippen LogP contribution is -2.11. The highest BCUT2D eigenvalue weighted by molar-refractivity contribution is 6.07. The van der Waals surface area contributed by atoms with Crippen LogP contribution in [0.15, 0.2) is 48.8 Å². The number of benzene rings is 1. The highest BCUT2D eigenvalue weighted by Crippen LogP contribution is 2.33. The predicted octanol–water partition coefficient (Wildman–Crippen LogP) is 3.49. The van der Waals surface area contributed by atoms with E-state index in [-0.39, 0.29) is 5.97 Å². The van der Waals surface area contributed by atoms with E-state index in [9.17, 15) is 4.79 Å². The lowest BCUT2D eigenvalue weighted by atomic mass is 10.2. The normalized spacial score (nSPS) is 10.6. The van der Waals surface area contributed by atoms with Gasteiger partial charge in [0.25, 0.3) is 0 Å². The van der Waals surface area contributed by atoms with Crippen LogP contribution in [0.5, 0.6) is 0 Å². The fourth-order valence-corrected chi connectivity index (χ4v) is 2.54. The smallest absolute Gasteiger partial charge is 0.357 e. The number of aromatic nitrogens is 2. The van der Waals surface area contributed by atoms with E-state index in [0.29, 0.717) is 12.3 Å². The fourth-order valence-electron chi connectivity index (χ4n) is 2.54. The molecule has 0 aliphatic heterocycles. The summed E-state index contributed by atoms with van der Waals surface area (Å²) in [4.78, 5) is 16.4. The number of carbonyl (C=O) groups is 1. The molecule has 0 radical (unpaired) electrons. The van der Waals surface area contributed by atoms with E-state index < -0.39 is 0 Å². The molecule has 0 bridgehead atoms. The van der Waals surface area contributed by atoms with E-state index >= 15 is 0 Å². The number of hydrogen-bond acceptors (Lipinski definition) is 4. The van der Waals surface area contributed by atoms with Crippen LogP contribution < -0.4 is 5.32 Å². The zero-order chi connectivity index (χ0) is 15.5. The van der Waals surface area contributed by atoms with Gasteiger partial charge in [0.15, 0.2) is 5.69 Å². The Kier molecular flexibility index (Phi) is 3.78. The summed E-state index contributed by atoms with van der Waals surface area (Å²) in [5, 5.41) is 4.29. The third kappa shape index (κ3) is 2.41. The molecule has 5 heteroatoms. The Morgan fingerprint density at radius 1 is 1.23 bits per heavy atom. The minimum atomic E-state index is -0.335. The molecule has 0 atom stereocenters. The van der Waals surface area contributed by atoms with Crippen LogP contribution in [0.2, 0.25) is 0 Å². The summed E-state index contributed by atoms with van der Waals surface area (Å²) in [6.07, 6.45) is 3.41. The summed E-state index contributed by atoms with van der Waals surface area (Å²) in [6, 6.07) is 11.6. The molecule has 0 saturated carbocycles. The number of ether oxygens (including phenoxy) is 1. The molecule has 0 spiro atoms. The Balaban J connectivity index is 2.17. The maximum absolute atomic E-state index is 12.4. The van der Waals surface area contributed by atoms with Crippen LogP contribution >= 0.6 is 0 Å². The van der Waals surface area contributed by atoms with Gasteiger partial charge < -0.3 is 14.6 Å². The van der Waals surface area contributed by atoms with E-state index in [0.717, 1.165) is 22.3 Å². The maximum atomic E-state index is 12.4. The molecule has 22 heavy (non-hydrogen) atoms. The van der Waals surface area contributed by atoms with Gasteiger partial charge in [-0.1, -0.05) is 18.2 Å². The number of carbonyl (C=O) groups excluding carboxylic acids is 1. The van der Waals surface area contributed by atoms with Crippen LogP contribution in [0.25, 0.3) is 10.9 Å². The molecule has 0 fully saturated rings. The molecule has 112 valence electrons. The quantitative estimate of drug-likeness (QED) is 0.749. The molecule has 0 saturated heterocycles. The number of para-hydroxylation sites is 1. The van der Waals surface area contributed by atoms with Gasteiger partial charge >= 0.3 is 5.97 Å². The number of aryl methyl sites for hydroxylation is 1. The summed E-state index contributed by atoms with van der Waals surface area (Å²) in [5.74, 6) is -0.335. The molecular weight excluding hydrogens is 278 g/mol. The van der Waals surface area contributed by atoms with Crippen molar-refractivity contribution < 1.29 is 9.53 Å². The monoisotopic (exact) mass is 295 g/mol. The summed E-state index contributed by atoms with van der Waals surface area (Å²) >= 11 is 0. The minimum Gasteiger partial charge on any atom is -0.461 e. The zero-order valence-electron chi connectivity index (χ0n) is 12.5. The first kappa shape index (κ1) is 14.1. The average Bonchev–Trinajstić information content (AvgIpc) is 2.82. The van der Waals surface area contributed by atoms with Crippen molar-refractivity contribution >= 4 is 28.2 Å².